The topological polar surface area (TPSA) is 64.0 Å². The number of hydrogen-bond donors (Lipinski definition) is 2. The summed E-state index contributed by atoms with van der Waals surface area (Å²) >= 11 is 3.83. The Morgan fingerprint density at radius 1 is 0.723 bits per heavy atom. The molecule has 0 aliphatic carbocycles. The summed E-state index contributed by atoms with van der Waals surface area (Å²) in [5.74, 6) is 1.11. The molecule has 1 amide bonds. The summed E-state index contributed by atoms with van der Waals surface area (Å²) in [5.41, 5.74) is 3.39. The molecule has 0 aromatic heterocycles. The second kappa shape index (κ2) is 15.0. The van der Waals surface area contributed by atoms with Gasteiger partial charge in [-0.25, -0.2) is 0 Å². The molecule has 2 fully saturated rings. The van der Waals surface area contributed by atoms with Crippen LogP contribution in [0.4, 0.5) is 0 Å². The molecule has 2 saturated heterocycles. The first-order valence-electron chi connectivity index (χ1n) is 18.0. The van der Waals surface area contributed by atoms with Crippen LogP contribution in [0.2, 0.25) is 0 Å². The summed E-state index contributed by atoms with van der Waals surface area (Å²) in [4.78, 5) is 20.2. The summed E-state index contributed by atoms with van der Waals surface area (Å²) in [6.07, 6.45) is 8.33. The van der Waals surface area contributed by atoms with Gasteiger partial charge in [-0.3, -0.25) is 9.69 Å². The highest BCUT2D eigenvalue weighted by Gasteiger charge is 2.40. The molecular weight excluding hydrogens is 621 g/mol. The van der Waals surface area contributed by atoms with Gasteiger partial charge < -0.3 is 15.1 Å². The van der Waals surface area contributed by atoms with Gasteiger partial charge in [0.2, 0.25) is 5.91 Å². The van der Waals surface area contributed by atoms with Crippen LogP contribution >= 0.6 is 23.5 Å². The highest BCUT2D eigenvalue weighted by Crippen LogP contribution is 2.54. The van der Waals surface area contributed by atoms with Crippen molar-refractivity contribution in [1.29, 1.82) is 0 Å². The third-order valence-corrected chi connectivity index (χ3v) is 12.8. The number of amides is 1. The van der Waals surface area contributed by atoms with Gasteiger partial charge in [0.1, 0.15) is 11.5 Å². The van der Waals surface area contributed by atoms with Gasteiger partial charge in [0.25, 0.3) is 0 Å². The van der Waals surface area contributed by atoms with Crippen LogP contribution in [0.15, 0.2) is 34.1 Å². The van der Waals surface area contributed by atoms with Crippen LogP contribution in [0, 0.1) is 0 Å². The summed E-state index contributed by atoms with van der Waals surface area (Å²) < 4.78 is -0.210. The number of benzene rings is 2. The lowest BCUT2D eigenvalue weighted by Gasteiger charge is -2.42. The molecule has 2 aliphatic heterocycles. The van der Waals surface area contributed by atoms with E-state index in [1.807, 2.05) is 23.5 Å². The van der Waals surface area contributed by atoms with Gasteiger partial charge in [0, 0.05) is 39.6 Å². The van der Waals surface area contributed by atoms with Crippen molar-refractivity contribution in [3.63, 3.8) is 0 Å². The fraction of sp³-hybridized carbons (Fsp3) is 0.675. The Labute approximate surface area is 294 Å². The Hall–Kier alpha value is -1.83. The number of aryl methyl sites for hydroxylation is 1. The monoisotopic (exact) mass is 682 g/mol. The largest absolute Gasteiger partial charge is 0.507 e. The zero-order valence-corrected chi connectivity index (χ0v) is 32.6. The second-order valence-corrected chi connectivity index (χ2v) is 20.2. The van der Waals surface area contributed by atoms with Crippen LogP contribution in [0.1, 0.15) is 136 Å². The molecular formula is C40H62N2O3S2. The van der Waals surface area contributed by atoms with Crippen LogP contribution in [-0.4, -0.2) is 62.7 Å². The molecule has 0 spiro atoms. The van der Waals surface area contributed by atoms with Gasteiger partial charge in [0.15, 0.2) is 0 Å². The average Bonchev–Trinajstić information content (AvgIpc) is 3.47. The minimum Gasteiger partial charge on any atom is -0.507 e. The zero-order valence-electron chi connectivity index (χ0n) is 31.0. The first-order valence-corrected chi connectivity index (χ1v) is 19.6. The van der Waals surface area contributed by atoms with Gasteiger partial charge in [-0.1, -0.05) is 82.1 Å². The van der Waals surface area contributed by atoms with Gasteiger partial charge >= 0.3 is 0 Å². The minimum absolute atomic E-state index is 0.188. The fourth-order valence-corrected chi connectivity index (χ4v) is 9.95. The Bertz CT molecular complexity index is 1350. The lowest BCUT2D eigenvalue weighted by Crippen LogP contribution is -2.47. The van der Waals surface area contributed by atoms with E-state index in [-0.39, 0.29) is 26.2 Å². The number of thioether (sulfide) groups is 2. The molecule has 2 aromatic carbocycles. The molecule has 0 saturated carbocycles. The average molecular weight is 683 g/mol. The van der Waals surface area contributed by atoms with Crippen molar-refractivity contribution in [2.24, 2.45) is 0 Å². The predicted molar refractivity (Wildman–Crippen MR) is 201 cm³/mol. The molecule has 2 N–H and O–H groups in total. The highest BCUT2D eigenvalue weighted by atomic mass is 32.2. The van der Waals surface area contributed by atoms with E-state index in [1.165, 1.54) is 22.6 Å². The first kappa shape index (κ1) is 38.0. The lowest BCUT2D eigenvalue weighted by molar-refractivity contribution is -0.133. The summed E-state index contributed by atoms with van der Waals surface area (Å²) in [6, 6.07) is 8.86. The second-order valence-electron chi connectivity index (χ2n) is 17.0. The number of carbonyl (C=O) groups excluding carboxylic acids is 1. The van der Waals surface area contributed by atoms with E-state index in [0.29, 0.717) is 18.0 Å². The first-order chi connectivity index (χ1) is 21.8. The number of hydrogen-bond acceptors (Lipinski definition) is 6. The third-order valence-electron chi connectivity index (χ3n) is 9.76. The predicted octanol–water partition coefficient (Wildman–Crippen LogP) is 10.0. The molecule has 262 valence electrons. The van der Waals surface area contributed by atoms with Crippen LogP contribution in [0.25, 0.3) is 0 Å². The molecule has 2 aliphatic rings. The molecule has 47 heavy (non-hydrogen) atoms. The maximum Gasteiger partial charge on any atom is 0.236 e. The standard InChI is InChI=1S/C40H62N2O3S2/c1-11-12-13-16-28-23-29(24-31(35(28)44)37(2,3)4)46-40(17-21-42(22-18-40)34(43)27-41-19-14-15-20-41)47-30-25-32(38(5,6)7)36(45)33(26-30)39(8,9)10/h23-26,44-45H,11-22,27H2,1-10H3. The number of aromatic hydroxyl groups is 2. The van der Waals surface area contributed by atoms with E-state index < -0.39 is 0 Å². The van der Waals surface area contributed by atoms with E-state index in [2.05, 4.69) is 103 Å². The fourth-order valence-electron chi connectivity index (χ4n) is 6.85. The van der Waals surface area contributed by atoms with Crippen molar-refractivity contribution in [2.75, 3.05) is 32.7 Å². The number of piperidine rings is 1. The maximum absolute atomic E-state index is 13.4. The normalized spacial score (nSPS) is 17.8. The molecule has 7 heteroatoms. The molecule has 0 radical (unpaired) electrons. The lowest BCUT2D eigenvalue weighted by atomic mass is 9.79. The number of nitrogens with zero attached hydrogens (tertiary/aromatic N) is 2. The number of likely N-dealkylation sites (tertiary alicyclic amines) is 2. The van der Waals surface area contributed by atoms with Crippen molar-refractivity contribution in [2.45, 2.75) is 151 Å². The smallest absolute Gasteiger partial charge is 0.236 e. The van der Waals surface area contributed by atoms with Crippen LogP contribution < -0.4 is 0 Å². The highest BCUT2D eigenvalue weighted by molar-refractivity contribution is 8.18. The molecule has 5 nitrogen and oxygen atoms in total. The van der Waals surface area contributed by atoms with Crippen LogP contribution in [0.3, 0.4) is 0 Å². The van der Waals surface area contributed by atoms with E-state index in [4.69, 9.17) is 0 Å². The quantitative estimate of drug-likeness (QED) is 0.192. The zero-order chi connectivity index (χ0) is 34.8. The Balaban J connectivity index is 1.75. The summed E-state index contributed by atoms with van der Waals surface area (Å²) in [5, 5.41) is 22.9. The van der Waals surface area contributed by atoms with Crippen molar-refractivity contribution in [1.82, 2.24) is 9.80 Å². The van der Waals surface area contributed by atoms with Crippen molar-refractivity contribution < 1.29 is 15.0 Å². The molecule has 2 heterocycles. The summed E-state index contributed by atoms with van der Waals surface area (Å²) in [7, 11) is 0. The molecule has 4 rings (SSSR count). The van der Waals surface area contributed by atoms with Crippen molar-refractivity contribution in [3.05, 3.63) is 46.5 Å². The van der Waals surface area contributed by atoms with E-state index in [0.717, 1.165) is 87.0 Å². The van der Waals surface area contributed by atoms with Gasteiger partial charge in [-0.2, -0.15) is 0 Å². The SMILES string of the molecule is CCCCCc1cc(SC2(Sc3cc(C(C)(C)C)c(O)c(C(C)(C)C)c3)CCN(C(=O)CN3CCCC3)CC2)cc(C(C)(C)C)c1O. The molecule has 0 atom stereocenters. The Kier molecular flexibility index (Phi) is 12.1. The minimum atomic E-state index is -0.210. The van der Waals surface area contributed by atoms with Crippen molar-refractivity contribution in [3.8, 4) is 11.5 Å². The number of carbonyl (C=O) groups is 1. The number of rotatable bonds is 10. The van der Waals surface area contributed by atoms with E-state index >= 15 is 0 Å². The number of phenols is 2. The van der Waals surface area contributed by atoms with Gasteiger partial charge in [0.05, 0.1) is 10.6 Å². The Morgan fingerprint density at radius 3 is 1.66 bits per heavy atom. The van der Waals surface area contributed by atoms with Crippen LogP contribution in [0.5, 0.6) is 11.5 Å². The Morgan fingerprint density at radius 2 is 1.19 bits per heavy atom. The van der Waals surface area contributed by atoms with Gasteiger partial charge in [-0.05, 0) is 97.7 Å². The molecule has 0 bridgehead atoms. The van der Waals surface area contributed by atoms with Gasteiger partial charge in [-0.15, -0.1) is 23.5 Å². The molecule has 2 aromatic rings. The third kappa shape index (κ3) is 9.66. The summed E-state index contributed by atoms with van der Waals surface area (Å²) in [6.45, 7) is 25.8. The number of phenolic OH excluding ortho intramolecular Hbond substituents is 2. The van der Waals surface area contributed by atoms with Crippen molar-refractivity contribution >= 4 is 29.4 Å². The van der Waals surface area contributed by atoms with E-state index in [1.54, 1.807) is 0 Å². The maximum atomic E-state index is 13.4. The molecule has 0 unspecified atom stereocenters. The number of unbranched alkanes of at least 4 members (excludes halogenated alkanes) is 2. The van der Waals surface area contributed by atoms with E-state index in [9.17, 15) is 15.0 Å². The van der Waals surface area contributed by atoms with Crippen LogP contribution in [-0.2, 0) is 27.5 Å².